The van der Waals surface area contributed by atoms with Crippen molar-refractivity contribution in [2.45, 2.75) is 39.3 Å². The minimum Gasteiger partial charge on any atom is -0.376 e. The summed E-state index contributed by atoms with van der Waals surface area (Å²) in [6.45, 7) is 4.80. The minimum atomic E-state index is -0.532. The van der Waals surface area contributed by atoms with Crippen LogP contribution in [0.1, 0.15) is 24.0 Å². The summed E-state index contributed by atoms with van der Waals surface area (Å²) < 4.78 is 8.04. The van der Waals surface area contributed by atoms with Gasteiger partial charge in [-0.15, -0.1) is 0 Å². The Kier molecular flexibility index (Phi) is 5.55. The predicted octanol–water partition coefficient (Wildman–Crippen LogP) is 2.06. The SMILES string of the molecule is Cc1cc(C)cc(-n2c(=O)c3ccccc3n(CC(=O)NC[C@@H]3CCCO3)c2=O)c1. The number of carbonyl (C=O) groups excluding carboxylic acids is 1. The molecule has 30 heavy (non-hydrogen) atoms. The average molecular weight is 407 g/mol. The van der Waals surface area contributed by atoms with Gasteiger partial charge in [-0.05, 0) is 62.1 Å². The van der Waals surface area contributed by atoms with Crippen molar-refractivity contribution in [3.63, 3.8) is 0 Å². The Morgan fingerprint density at radius 2 is 1.87 bits per heavy atom. The van der Waals surface area contributed by atoms with Gasteiger partial charge in [0.15, 0.2) is 0 Å². The zero-order valence-electron chi connectivity index (χ0n) is 17.2. The largest absolute Gasteiger partial charge is 0.376 e. The summed E-state index contributed by atoms with van der Waals surface area (Å²) in [7, 11) is 0. The van der Waals surface area contributed by atoms with Gasteiger partial charge < -0.3 is 10.1 Å². The van der Waals surface area contributed by atoms with Gasteiger partial charge in [0.25, 0.3) is 5.56 Å². The molecule has 0 saturated carbocycles. The number of nitrogens with zero attached hydrogens (tertiary/aromatic N) is 2. The summed E-state index contributed by atoms with van der Waals surface area (Å²) in [6, 6.07) is 12.4. The number of rotatable bonds is 5. The Balaban J connectivity index is 1.77. The number of benzene rings is 2. The van der Waals surface area contributed by atoms with Crippen LogP contribution in [0.15, 0.2) is 52.1 Å². The fraction of sp³-hybridized carbons (Fsp3) is 0.348. The number of fused-ring (bicyclic) bond motifs is 1. The Morgan fingerprint density at radius 3 is 2.57 bits per heavy atom. The zero-order chi connectivity index (χ0) is 21.3. The first-order valence-electron chi connectivity index (χ1n) is 10.2. The van der Waals surface area contributed by atoms with Gasteiger partial charge in [-0.1, -0.05) is 18.2 Å². The van der Waals surface area contributed by atoms with Crippen LogP contribution in [0.4, 0.5) is 0 Å². The number of aryl methyl sites for hydroxylation is 2. The maximum atomic E-state index is 13.3. The molecule has 156 valence electrons. The van der Waals surface area contributed by atoms with E-state index in [2.05, 4.69) is 5.32 Å². The van der Waals surface area contributed by atoms with Crippen molar-refractivity contribution in [1.82, 2.24) is 14.5 Å². The number of ether oxygens (including phenoxy) is 1. The van der Waals surface area contributed by atoms with E-state index in [1.54, 1.807) is 36.4 Å². The number of aromatic nitrogens is 2. The number of carbonyl (C=O) groups is 1. The first kappa shape index (κ1) is 20.1. The van der Waals surface area contributed by atoms with Crippen LogP contribution in [-0.2, 0) is 16.1 Å². The molecule has 1 aliphatic heterocycles. The molecule has 2 heterocycles. The molecule has 0 spiro atoms. The third-order valence-electron chi connectivity index (χ3n) is 5.37. The Morgan fingerprint density at radius 1 is 1.13 bits per heavy atom. The van der Waals surface area contributed by atoms with Gasteiger partial charge in [0.2, 0.25) is 5.91 Å². The van der Waals surface area contributed by atoms with Crippen molar-refractivity contribution in [2.24, 2.45) is 0 Å². The average Bonchev–Trinajstić information content (AvgIpc) is 3.23. The molecular weight excluding hydrogens is 382 g/mol. The van der Waals surface area contributed by atoms with Gasteiger partial charge in [0.05, 0.1) is 22.7 Å². The maximum Gasteiger partial charge on any atom is 0.336 e. The van der Waals surface area contributed by atoms with Crippen molar-refractivity contribution in [1.29, 1.82) is 0 Å². The molecule has 1 aromatic heterocycles. The zero-order valence-corrected chi connectivity index (χ0v) is 17.2. The van der Waals surface area contributed by atoms with Crippen molar-refractivity contribution >= 4 is 16.8 Å². The quantitative estimate of drug-likeness (QED) is 0.702. The van der Waals surface area contributed by atoms with Crippen LogP contribution in [0.5, 0.6) is 0 Å². The third-order valence-corrected chi connectivity index (χ3v) is 5.37. The lowest BCUT2D eigenvalue weighted by Gasteiger charge is -2.16. The first-order valence-corrected chi connectivity index (χ1v) is 10.2. The molecule has 0 bridgehead atoms. The van der Waals surface area contributed by atoms with Crippen molar-refractivity contribution in [3.05, 3.63) is 74.4 Å². The lowest BCUT2D eigenvalue weighted by atomic mass is 10.1. The van der Waals surface area contributed by atoms with E-state index in [0.717, 1.165) is 28.5 Å². The van der Waals surface area contributed by atoms with Gasteiger partial charge in [-0.3, -0.25) is 14.2 Å². The van der Waals surface area contributed by atoms with E-state index in [-0.39, 0.29) is 18.6 Å². The molecule has 1 N–H and O–H groups in total. The number of amides is 1. The smallest absolute Gasteiger partial charge is 0.336 e. The molecule has 1 amide bonds. The highest BCUT2D eigenvalue weighted by atomic mass is 16.5. The molecule has 1 saturated heterocycles. The predicted molar refractivity (Wildman–Crippen MR) is 115 cm³/mol. The second kappa shape index (κ2) is 8.28. The third kappa shape index (κ3) is 3.93. The van der Waals surface area contributed by atoms with Gasteiger partial charge >= 0.3 is 5.69 Å². The second-order valence-electron chi connectivity index (χ2n) is 7.81. The van der Waals surface area contributed by atoms with Crippen molar-refractivity contribution in [3.8, 4) is 5.69 Å². The molecule has 1 aliphatic rings. The Labute approximate surface area is 173 Å². The maximum absolute atomic E-state index is 13.3. The fourth-order valence-electron chi connectivity index (χ4n) is 4.01. The molecule has 0 unspecified atom stereocenters. The molecule has 1 atom stereocenters. The van der Waals surface area contributed by atoms with Crippen LogP contribution in [-0.4, -0.2) is 34.3 Å². The summed E-state index contributed by atoms with van der Waals surface area (Å²) in [4.78, 5) is 39.1. The van der Waals surface area contributed by atoms with E-state index in [9.17, 15) is 14.4 Å². The summed E-state index contributed by atoms with van der Waals surface area (Å²) >= 11 is 0. The molecule has 0 radical (unpaired) electrons. The number of hydrogen-bond donors (Lipinski definition) is 1. The summed E-state index contributed by atoms with van der Waals surface area (Å²) in [6.07, 6.45) is 1.93. The molecule has 0 aliphatic carbocycles. The van der Waals surface area contributed by atoms with E-state index in [1.807, 2.05) is 19.9 Å². The van der Waals surface area contributed by atoms with Crippen molar-refractivity contribution in [2.75, 3.05) is 13.2 Å². The van der Waals surface area contributed by atoms with Crippen LogP contribution < -0.4 is 16.6 Å². The highest BCUT2D eigenvalue weighted by molar-refractivity contribution is 5.82. The topological polar surface area (TPSA) is 82.3 Å². The standard InChI is InChI=1S/C23H25N3O4/c1-15-10-16(2)12-17(11-15)26-22(28)19-7-3-4-8-20(19)25(23(26)29)14-21(27)24-13-18-6-5-9-30-18/h3-4,7-8,10-12,18H,5-6,9,13-14H2,1-2H3,(H,24,27)/t18-/m0/s1. The fourth-order valence-corrected chi connectivity index (χ4v) is 4.01. The highest BCUT2D eigenvalue weighted by Crippen LogP contribution is 2.14. The summed E-state index contributed by atoms with van der Waals surface area (Å²) in [5.74, 6) is -0.289. The first-order chi connectivity index (χ1) is 14.4. The van der Waals surface area contributed by atoms with Crippen molar-refractivity contribution < 1.29 is 9.53 Å². The monoisotopic (exact) mass is 407 g/mol. The lowest BCUT2D eigenvalue weighted by Crippen LogP contribution is -2.42. The molecule has 1 fully saturated rings. The summed E-state index contributed by atoms with van der Waals surface area (Å²) in [5, 5.41) is 3.24. The highest BCUT2D eigenvalue weighted by Gasteiger charge is 2.19. The van der Waals surface area contributed by atoms with Gasteiger partial charge in [0.1, 0.15) is 6.54 Å². The number of hydrogen-bond acceptors (Lipinski definition) is 4. The Bertz CT molecular complexity index is 1200. The van der Waals surface area contributed by atoms with Crippen LogP contribution in [0.3, 0.4) is 0 Å². The van der Waals surface area contributed by atoms with Gasteiger partial charge in [0, 0.05) is 13.2 Å². The van der Waals surface area contributed by atoms with E-state index in [4.69, 9.17) is 4.74 Å². The summed E-state index contributed by atoms with van der Waals surface area (Å²) in [5.41, 5.74) is 1.92. The van der Waals surface area contributed by atoms with E-state index in [0.29, 0.717) is 29.7 Å². The van der Waals surface area contributed by atoms with E-state index in [1.165, 1.54) is 4.57 Å². The molecule has 2 aromatic carbocycles. The van der Waals surface area contributed by atoms with Crippen LogP contribution in [0.25, 0.3) is 16.6 Å². The number of para-hydroxylation sites is 1. The molecule has 7 nitrogen and oxygen atoms in total. The van der Waals surface area contributed by atoms with E-state index < -0.39 is 11.2 Å². The molecule has 4 rings (SSSR count). The normalized spacial score (nSPS) is 16.1. The van der Waals surface area contributed by atoms with Crippen LogP contribution >= 0.6 is 0 Å². The van der Waals surface area contributed by atoms with E-state index >= 15 is 0 Å². The van der Waals surface area contributed by atoms with Gasteiger partial charge in [-0.2, -0.15) is 0 Å². The van der Waals surface area contributed by atoms with Crippen LogP contribution in [0, 0.1) is 13.8 Å². The molecule has 7 heteroatoms. The molecular formula is C23H25N3O4. The Hall–Kier alpha value is -3.19. The van der Waals surface area contributed by atoms with Gasteiger partial charge in [-0.25, -0.2) is 9.36 Å². The second-order valence-corrected chi connectivity index (χ2v) is 7.81. The minimum absolute atomic E-state index is 0.0200. The van der Waals surface area contributed by atoms with Crippen LogP contribution in [0.2, 0.25) is 0 Å². The molecule has 3 aromatic rings. The lowest BCUT2D eigenvalue weighted by molar-refractivity contribution is -0.122. The number of nitrogens with one attached hydrogen (secondary N) is 1.